The number of thiophene rings is 1. The highest BCUT2D eigenvalue weighted by molar-refractivity contribution is 7.10. The summed E-state index contributed by atoms with van der Waals surface area (Å²) in [5, 5.41) is 1.79. The van der Waals surface area contributed by atoms with Crippen LogP contribution in [0.2, 0.25) is 0 Å². The third kappa shape index (κ3) is 2.66. The van der Waals surface area contributed by atoms with Gasteiger partial charge in [-0.1, -0.05) is 36.4 Å². The van der Waals surface area contributed by atoms with Gasteiger partial charge in [-0.2, -0.15) is 13.2 Å². The molecule has 1 aliphatic rings. The molecule has 2 heterocycles. The summed E-state index contributed by atoms with van der Waals surface area (Å²) in [6.45, 7) is 0. The van der Waals surface area contributed by atoms with Crippen molar-refractivity contribution >= 4 is 22.9 Å². The van der Waals surface area contributed by atoms with Gasteiger partial charge in [0, 0.05) is 10.6 Å². The van der Waals surface area contributed by atoms with E-state index in [1.165, 1.54) is 11.3 Å². The first-order chi connectivity index (χ1) is 10.5. The zero-order chi connectivity index (χ0) is 15.7. The lowest BCUT2D eigenvalue weighted by Crippen LogP contribution is -2.43. The Kier molecular flexibility index (Phi) is 3.78. The highest BCUT2D eigenvalue weighted by atomic mass is 32.1. The van der Waals surface area contributed by atoms with Crippen molar-refractivity contribution in [3.63, 3.8) is 0 Å². The number of allylic oxidation sites excluding steroid dienone is 1. The molecule has 0 fully saturated rings. The van der Waals surface area contributed by atoms with Gasteiger partial charge in [0.05, 0.1) is 6.04 Å². The number of benzene rings is 1. The van der Waals surface area contributed by atoms with Crippen LogP contribution in [0.15, 0.2) is 53.9 Å². The molecule has 114 valence electrons. The Bertz CT molecular complexity index is 706. The van der Waals surface area contributed by atoms with E-state index < -0.39 is 18.1 Å². The number of rotatable bonds is 1. The zero-order valence-electron chi connectivity index (χ0n) is 11.4. The van der Waals surface area contributed by atoms with Crippen LogP contribution in [0.25, 0.3) is 0 Å². The van der Waals surface area contributed by atoms with Crippen LogP contribution in [0.1, 0.15) is 16.5 Å². The van der Waals surface area contributed by atoms with Gasteiger partial charge in [-0.15, -0.1) is 11.3 Å². The van der Waals surface area contributed by atoms with Gasteiger partial charge in [0.2, 0.25) is 0 Å². The predicted octanol–water partition coefficient (Wildman–Crippen LogP) is 4.50. The van der Waals surface area contributed by atoms with E-state index in [1.807, 2.05) is 6.08 Å². The topological polar surface area (TPSA) is 20.3 Å². The molecule has 0 aliphatic carbocycles. The third-order valence-electron chi connectivity index (χ3n) is 3.48. The monoisotopic (exact) mass is 323 g/mol. The lowest BCUT2D eigenvalue weighted by atomic mass is 10.1. The number of hydrogen-bond donors (Lipinski definition) is 0. The van der Waals surface area contributed by atoms with Crippen molar-refractivity contribution in [2.45, 2.75) is 18.6 Å². The molecule has 0 bridgehead atoms. The Balaban J connectivity index is 2.16. The lowest BCUT2D eigenvalue weighted by Gasteiger charge is -2.30. The van der Waals surface area contributed by atoms with Gasteiger partial charge in [0.25, 0.3) is 0 Å². The normalized spacial score (nSPS) is 18.0. The number of fused-ring (bicyclic) bond motifs is 1. The van der Waals surface area contributed by atoms with E-state index in [0.29, 0.717) is 22.5 Å². The second-order valence-electron chi connectivity index (χ2n) is 4.89. The van der Waals surface area contributed by atoms with Gasteiger partial charge in [-0.3, -0.25) is 9.69 Å². The predicted molar refractivity (Wildman–Crippen MR) is 79.9 cm³/mol. The van der Waals surface area contributed by atoms with Crippen LogP contribution < -0.4 is 4.90 Å². The molecule has 22 heavy (non-hydrogen) atoms. The van der Waals surface area contributed by atoms with Crippen LogP contribution in [0.4, 0.5) is 18.9 Å². The molecule has 0 spiro atoms. The van der Waals surface area contributed by atoms with Gasteiger partial charge in [-0.25, -0.2) is 0 Å². The Labute approximate surface area is 129 Å². The second-order valence-corrected chi connectivity index (χ2v) is 5.87. The molecule has 2 aromatic rings. The van der Waals surface area contributed by atoms with E-state index in [2.05, 4.69) is 0 Å². The van der Waals surface area contributed by atoms with Gasteiger partial charge >= 0.3 is 12.1 Å². The number of amides is 1. The first-order valence-corrected chi connectivity index (χ1v) is 7.55. The number of alkyl halides is 3. The lowest BCUT2D eigenvalue weighted by molar-refractivity contribution is -0.170. The molecule has 0 unspecified atom stereocenters. The van der Waals surface area contributed by atoms with E-state index in [-0.39, 0.29) is 0 Å². The fourth-order valence-corrected chi connectivity index (χ4v) is 3.33. The number of nitrogens with zero attached hydrogens (tertiary/aromatic N) is 1. The quantitative estimate of drug-likeness (QED) is 0.708. The maximum absolute atomic E-state index is 13.1. The number of carbonyl (C=O) groups is 1. The van der Waals surface area contributed by atoms with Crippen molar-refractivity contribution in [1.82, 2.24) is 0 Å². The molecular weight excluding hydrogens is 311 g/mol. The summed E-state index contributed by atoms with van der Waals surface area (Å²) in [5.74, 6) is -1.84. The zero-order valence-corrected chi connectivity index (χ0v) is 12.2. The second kappa shape index (κ2) is 5.61. The fraction of sp³-hybridized carbons (Fsp3) is 0.188. The molecule has 6 heteroatoms. The fourth-order valence-electron chi connectivity index (χ4n) is 2.53. The minimum absolute atomic E-state index is 0.313. The minimum Gasteiger partial charge on any atom is -0.292 e. The first-order valence-electron chi connectivity index (χ1n) is 6.67. The van der Waals surface area contributed by atoms with Crippen LogP contribution in [0, 0.1) is 0 Å². The SMILES string of the molecule is O=C(N1c2ccccc2CC=C[C@H]1c1cccs1)C(F)(F)F. The van der Waals surface area contributed by atoms with Crippen molar-refractivity contribution in [2.75, 3.05) is 4.90 Å². The summed E-state index contributed by atoms with van der Waals surface area (Å²) in [6, 6.07) is 9.48. The summed E-state index contributed by atoms with van der Waals surface area (Å²) in [5.41, 5.74) is 1.02. The van der Waals surface area contributed by atoms with Crippen LogP contribution in [-0.2, 0) is 11.2 Å². The Morgan fingerprint density at radius 3 is 2.64 bits per heavy atom. The summed E-state index contributed by atoms with van der Waals surface area (Å²) in [6.07, 6.45) is -0.942. The molecule has 1 aromatic heterocycles. The number of para-hydroxylation sites is 1. The molecule has 1 aliphatic heterocycles. The third-order valence-corrected chi connectivity index (χ3v) is 4.42. The Morgan fingerprint density at radius 1 is 1.18 bits per heavy atom. The maximum Gasteiger partial charge on any atom is 0.471 e. The summed E-state index contributed by atoms with van der Waals surface area (Å²) < 4.78 is 39.2. The van der Waals surface area contributed by atoms with E-state index in [4.69, 9.17) is 0 Å². The van der Waals surface area contributed by atoms with Crippen molar-refractivity contribution in [3.8, 4) is 0 Å². The molecule has 2 nitrogen and oxygen atoms in total. The Morgan fingerprint density at radius 2 is 1.95 bits per heavy atom. The maximum atomic E-state index is 13.1. The number of hydrogen-bond acceptors (Lipinski definition) is 2. The van der Waals surface area contributed by atoms with Crippen molar-refractivity contribution in [3.05, 3.63) is 64.4 Å². The molecular formula is C16H12F3NOS. The average molecular weight is 323 g/mol. The van der Waals surface area contributed by atoms with E-state index in [0.717, 1.165) is 4.90 Å². The molecule has 0 radical (unpaired) electrons. The van der Waals surface area contributed by atoms with Gasteiger partial charge in [-0.05, 0) is 29.5 Å². The van der Waals surface area contributed by atoms with Gasteiger partial charge in [0.15, 0.2) is 0 Å². The Hall–Kier alpha value is -2.08. The van der Waals surface area contributed by atoms with E-state index in [1.54, 1.807) is 47.9 Å². The first kappa shape index (κ1) is 14.8. The van der Waals surface area contributed by atoms with Crippen LogP contribution in [0.5, 0.6) is 0 Å². The molecule has 1 atom stereocenters. The largest absolute Gasteiger partial charge is 0.471 e. The van der Waals surface area contributed by atoms with Crippen LogP contribution in [-0.4, -0.2) is 12.1 Å². The number of halogens is 3. The number of carbonyl (C=O) groups excluding carboxylic acids is 1. The van der Waals surface area contributed by atoms with Crippen molar-refractivity contribution in [1.29, 1.82) is 0 Å². The van der Waals surface area contributed by atoms with Crippen LogP contribution >= 0.6 is 11.3 Å². The molecule has 1 aromatic carbocycles. The molecule has 0 N–H and O–H groups in total. The minimum atomic E-state index is -4.92. The number of anilines is 1. The van der Waals surface area contributed by atoms with Crippen molar-refractivity contribution < 1.29 is 18.0 Å². The molecule has 1 amide bonds. The smallest absolute Gasteiger partial charge is 0.292 e. The standard InChI is InChI=1S/C16H12F3NOS/c17-16(18,19)15(21)20-12-7-2-1-5-11(12)6-3-8-13(20)14-9-4-10-22-14/h1-5,7-10,13H,6H2/t13-/m0/s1. The summed E-state index contributed by atoms with van der Waals surface area (Å²) in [7, 11) is 0. The van der Waals surface area contributed by atoms with Gasteiger partial charge < -0.3 is 0 Å². The highest BCUT2D eigenvalue weighted by Crippen LogP contribution is 2.38. The van der Waals surface area contributed by atoms with E-state index in [9.17, 15) is 18.0 Å². The molecule has 3 rings (SSSR count). The van der Waals surface area contributed by atoms with Gasteiger partial charge in [0.1, 0.15) is 0 Å². The average Bonchev–Trinajstić information content (AvgIpc) is 2.93. The molecule has 0 saturated heterocycles. The van der Waals surface area contributed by atoms with E-state index >= 15 is 0 Å². The van der Waals surface area contributed by atoms with Crippen LogP contribution in [0.3, 0.4) is 0 Å². The highest BCUT2D eigenvalue weighted by Gasteiger charge is 2.46. The summed E-state index contributed by atoms with van der Waals surface area (Å²) in [4.78, 5) is 13.6. The van der Waals surface area contributed by atoms with Crippen molar-refractivity contribution in [2.24, 2.45) is 0 Å². The molecule has 0 saturated carbocycles. The summed E-state index contributed by atoms with van der Waals surface area (Å²) >= 11 is 1.33.